The molecule has 12 heavy (non-hydrogen) atoms. The Morgan fingerprint density at radius 2 is 1.58 bits per heavy atom. The van der Waals surface area contributed by atoms with E-state index in [2.05, 4.69) is 4.98 Å². The fraction of sp³-hybridized carbons (Fsp3) is 0.167. The molecule has 0 atom stereocenters. The molecule has 0 bridgehead atoms. The third-order valence-corrected chi connectivity index (χ3v) is 0.932. The third-order valence-electron chi connectivity index (χ3n) is 0.932. The molecule has 0 amide bonds. The number of aromatic nitrogens is 1. The van der Waals surface area contributed by atoms with E-state index >= 15 is 0 Å². The second-order valence-electron chi connectivity index (χ2n) is 1.51. The van der Waals surface area contributed by atoms with E-state index in [1.807, 2.05) is 0 Å². The smallest absolute Gasteiger partial charge is 1.00 e. The van der Waals surface area contributed by atoms with Crippen molar-refractivity contribution in [3.63, 3.8) is 0 Å². The van der Waals surface area contributed by atoms with Gasteiger partial charge in [0.15, 0.2) is 0 Å². The van der Waals surface area contributed by atoms with Gasteiger partial charge in [-0.2, -0.15) is 0 Å². The first-order valence-corrected chi connectivity index (χ1v) is 2.43. The summed E-state index contributed by atoms with van der Waals surface area (Å²) < 4.78 is 0. The van der Waals surface area contributed by atoms with Crippen LogP contribution in [0.2, 0.25) is 0 Å². The summed E-state index contributed by atoms with van der Waals surface area (Å²) in [5, 5.41) is 8.51. The van der Waals surface area contributed by atoms with Crippen LogP contribution in [0, 0.1) is 0 Å². The summed E-state index contributed by atoms with van der Waals surface area (Å²) in [5.74, 6) is 0. The molecule has 0 aromatic carbocycles. The fourth-order valence-electron chi connectivity index (χ4n) is 0.488. The van der Waals surface area contributed by atoms with Crippen molar-refractivity contribution in [3.8, 4) is 0 Å². The minimum absolute atomic E-state index is 0. The number of hydrogen-bond donors (Lipinski definition) is 2. The van der Waals surface area contributed by atoms with Gasteiger partial charge in [0, 0.05) is 12.4 Å². The Labute approximate surface area is 98.6 Å². The number of pyridine rings is 1. The van der Waals surface area contributed by atoms with Gasteiger partial charge >= 0.3 is 21.1 Å². The average molecular weight is 392 g/mol. The van der Waals surface area contributed by atoms with Gasteiger partial charge in [-0.25, -0.2) is 0 Å². The number of hydrogen-bond acceptors (Lipinski definition) is 3. The zero-order valence-electron chi connectivity index (χ0n) is 6.19. The van der Waals surface area contributed by atoms with Crippen molar-refractivity contribution in [3.05, 3.63) is 30.1 Å². The molecule has 1 heterocycles. The predicted molar refractivity (Wildman–Crippen MR) is 35.2 cm³/mol. The second kappa shape index (κ2) is 13.9. The zero-order valence-corrected chi connectivity index (χ0v) is 9.97. The summed E-state index contributed by atoms with van der Waals surface area (Å²) in [6, 6.07) is 3.56. The first kappa shape index (κ1) is 22.8. The van der Waals surface area contributed by atoms with Crippen LogP contribution in [-0.2, 0) is 27.7 Å². The number of rotatable bonds is 1. The van der Waals surface area contributed by atoms with Crippen LogP contribution >= 0.6 is 0 Å². The molecular weight excluding hydrogens is 382 g/mol. The van der Waals surface area contributed by atoms with E-state index in [0.29, 0.717) is 0 Å². The van der Waals surface area contributed by atoms with Crippen LogP contribution in [0.1, 0.15) is 5.56 Å². The summed E-state index contributed by atoms with van der Waals surface area (Å²) in [7, 11) is 0. The molecule has 1 aromatic rings. The monoisotopic (exact) mass is 391 g/mol. The Morgan fingerprint density at radius 1 is 1.17 bits per heavy atom. The summed E-state index contributed by atoms with van der Waals surface area (Å²) in [6.07, 6.45) is 3.32. The molecule has 1 aromatic heterocycles. The Balaban J connectivity index is -0.0000000800. The molecule has 0 fully saturated rings. The van der Waals surface area contributed by atoms with Gasteiger partial charge in [0.25, 0.3) is 0 Å². The maximum absolute atomic E-state index is 8.51. The first-order chi connectivity index (χ1) is 3.93. The molecule has 0 aliphatic carbocycles. The molecule has 1 rings (SSSR count). The SMILES string of the molecule is N.OCc1ccncc1.[Cl-].[Cl-].[Pt+2]. The van der Waals surface area contributed by atoms with Gasteiger partial charge < -0.3 is 36.1 Å². The Morgan fingerprint density at radius 3 is 1.83 bits per heavy atom. The number of halogens is 2. The Hall–Kier alpha value is 0.338. The van der Waals surface area contributed by atoms with E-state index < -0.39 is 0 Å². The molecule has 4 N–H and O–H groups in total. The van der Waals surface area contributed by atoms with Crippen molar-refractivity contribution in [2.45, 2.75) is 6.61 Å². The van der Waals surface area contributed by atoms with Crippen molar-refractivity contribution in [2.24, 2.45) is 0 Å². The molecule has 0 unspecified atom stereocenters. The average Bonchev–Trinajstić information content (AvgIpc) is 1.90. The molecule has 0 aliphatic rings. The van der Waals surface area contributed by atoms with Crippen LogP contribution in [0.3, 0.4) is 0 Å². The Bertz CT molecular complexity index is 165. The minimum atomic E-state index is 0. The normalized spacial score (nSPS) is 6.08. The summed E-state index contributed by atoms with van der Waals surface area (Å²) >= 11 is 0. The van der Waals surface area contributed by atoms with E-state index in [9.17, 15) is 0 Å². The van der Waals surface area contributed by atoms with Crippen LogP contribution in [-0.4, -0.2) is 10.1 Å². The topological polar surface area (TPSA) is 68.1 Å². The summed E-state index contributed by atoms with van der Waals surface area (Å²) in [6.45, 7) is 0.0997. The van der Waals surface area contributed by atoms with Crippen LogP contribution in [0.4, 0.5) is 0 Å². The van der Waals surface area contributed by atoms with E-state index in [1.165, 1.54) is 0 Å². The van der Waals surface area contributed by atoms with Gasteiger partial charge in [0.1, 0.15) is 0 Å². The number of aliphatic hydroxyl groups excluding tert-OH is 1. The van der Waals surface area contributed by atoms with Crippen LogP contribution in [0.25, 0.3) is 0 Å². The van der Waals surface area contributed by atoms with E-state index in [-0.39, 0.29) is 58.6 Å². The van der Waals surface area contributed by atoms with Gasteiger partial charge in [-0.1, -0.05) is 0 Å². The van der Waals surface area contributed by atoms with E-state index in [0.717, 1.165) is 5.56 Å². The molecule has 0 saturated carbocycles. The maximum atomic E-state index is 8.51. The van der Waals surface area contributed by atoms with Gasteiger partial charge in [-0.15, -0.1) is 0 Å². The van der Waals surface area contributed by atoms with Crippen molar-refractivity contribution in [1.82, 2.24) is 11.1 Å². The molecule has 0 saturated heterocycles. The second-order valence-corrected chi connectivity index (χ2v) is 1.51. The minimum Gasteiger partial charge on any atom is -1.00 e. The quantitative estimate of drug-likeness (QED) is 0.502. The largest absolute Gasteiger partial charge is 2.00 e. The Kier molecular flexibility index (Phi) is 26.4. The summed E-state index contributed by atoms with van der Waals surface area (Å²) in [5.41, 5.74) is 0.903. The van der Waals surface area contributed by atoms with Crippen LogP contribution < -0.4 is 31.0 Å². The third kappa shape index (κ3) is 8.44. The number of nitrogens with zero attached hydrogens (tertiary/aromatic N) is 1. The first-order valence-electron chi connectivity index (χ1n) is 2.43. The fourth-order valence-corrected chi connectivity index (χ4v) is 0.488. The maximum Gasteiger partial charge on any atom is 2.00 e. The van der Waals surface area contributed by atoms with Gasteiger partial charge in [0.05, 0.1) is 6.61 Å². The van der Waals surface area contributed by atoms with Gasteiger partial charge in [-0.3, -0.25) is 4.98 Å². The van der Waals surface area contributed by atoms with E-state index in [1.54, 1.807) is 24.5 Å². The van der Waals surface area contributed by atoms with Crippen molar-refractivity contribution in [1.29, 1.82) is 0 Å². The number of aliphatic hydroxyl groups is 1. The molecule has 3 nitrogen and oxygen atoms in total. The van der Waals surface area contributed by atoms with Crippen molar-refractivity contribution >= 4 is 0 Å². The van der Waals surface area contributed by atoms with Crippen LogP contribution in [0.5, 0.6) is 0 Å². The molecule has 74 valence electrons. The van der Waals surface area contributed by atoms with Gasteiger partial charge in [0.2, 0.25) is 0 Å². The predicted octanol–water partition coefficient (Wildman–Crippen LogP) is -5.26. The standard InChI is InChI=1S/C6H7NO.2ClH.H3N.Pt/c8-5-6-1-3-7-4-2-6;;;;/h1-4,8H,5H2;2*1H;1H3;/q;;;;+2/p-2. The molecule has 0 aliphatic heterocycles. The van der Waals surface area contributed by atoms with Crippen molar-refractivity contribution < 1.29 is 51.0 Å². The zero-order chi connectivity index (χ0) is 5.82. The summed E-state index contributed by atoms with van der Waals surface area (Å²) in [4.78, 5) is 3.78. The van der Waals surface area contributed by atoms with Gasteiger partial charge in [-0.05, 0) is 17.7 Å². The van der Waals surface area contributed by atoms with Crippen LogP contribution in [0.15, 0.2) is 24.5 Å². The molecule has 0 spiro atoms. The van der Waals surface area contributed by atoms with E-state index in [4.69, 9.17) is 5.11 Å². The molecule has 6 heteroatoms. The molecular formula is C6H10Cl2N2OPt. The molecule has 0 radical (unpaired) electrons. The van der Waals surface area contributed by atoms with Crippen molar-refractivity contribution in [2.75, 3.05) is 0 Å².